The molecule has 3 unspecified atom stereocenters. The number of primary sulfonamides is 1. The van der Waals surface area contributed by atoms with Gasteiger partial charge < -0.3 is 5.32 Å². The van der Waals surface area contributed by atoms with Crippen molar-refractivity contribution in [1.29, 1.82) is 0 Å². The monoisotopic (exact) mass is 315 g/mol. The summed E-state index contributed by atoms with van der Waals surface area (Å²) in [7, 11) is -3.75. The van der Waals surface area contributed by atoms with Crippen molar-refractivity contribution in [3.63, 3.8) is 0 Å². The first-order valence-corrected chi connectivity index (χ1v) is 8.90. The van der Waals surface area contributed by atoms with Gasteiger partial charge in [0.1, 0.15) is 10.7 Å². The van der Waals surface area contributed by atoms with Crippen molar-refractivity contribution in [2.24, 2.45) is 17.0 Å². The second-order valence-corrected chi connectivity index (χ2v) is 7.56. The van der Waals surface area contributed by atoms with Gasteiger partial charge in [0.2, 0.25) is 10.0 Å². The van der Waals surface area contributed by atoms with Gasteiger partial charge in [-0.05, 0) is 47.4 Å². The summed E-state index contributed by atoms with van der Waals surface area (Å²) in [5, 5.41) is 8.40. The standard InChI is InChI=1S/C16H17N3O2S/c17-22(20,21)14-6-3-7-18-16(14)19-9-13-12-8-10-4-1-2-5-11(10)15(12)13/h1-7,12-13,15H,8-9H2,(H,18,19)(H2,17,20,21). The molecule has 1 aromatic carbocycles. The number of aromatic nitrogens is 1. The third kappa shape index (κ3) is 2.19. The number of hydrogen-bond acceptors (Lipinski definition) is 4. The van der Waals surface area contributed by atoms with Crippen LogP contribution in [0, 0.1) is 11.8 Å². The normalized spacial score (nSPS) is 25.4. The minimum absolute atomic E-state index is 0.0567. The highest BCUT2D eigenvalue weighted by molar-refractivity contribution is 7.89. The van der Waals surface area contributed by atoms with Gasteiger partial charge in [-0.25, -0.2) is 18.5 Å². The van der Waals surface area contributed by atoms with Crippen molar-refractivity contribution in [3.8, 4) is 0 Å². The first-order chi connectivity index (χ1) is 10.6. The summed E-state index contributed by atoms with van der Waals surface area (Å²) < 4.78 is 23.1. The van der Waals surface area contributed by atoms with Crippen LogP contribution in [0.4, 0.5) is 5.82 Å². The molecule has 22 heavy (non-hydrogen) atoms. The van der Waals surface area contributed by atoms with Crippen LogP contribution >= 0.6 is 0 Å². The van der Waals surface area contributed by atoms with Crippen LogP contribution in [-0.4, -0.2) is 19.9 Å². The molecule has 1 fully saturated rings. The third-order valence-corrected chi connectivity index (χ3v) is 5.73. The Labute approximate surface area is 129 Å². The maximum atomic E-state index is 11.6. The molecule has 0 bridgehead atoms. The molecule has 1 aromatic heterocycles. The summed E-state index contributed by atoms with van der Waals surface area (Å²) in [5.74, 6) is 2.17. The van der Waals surface area contributed by atoms with Crippen LogP contribution in [-0.2, 0) is 16.4 Å². The fourth-order valence-electron chi connectivity index (χ4n) is 3.73. The van der Waals surface area contributed by atoms with Gasteiger partial charge in [0.25, 0.3) is 0 Å². The van der Waals surface area contributed by atoms with E-state index < -0.39 is 10.0 Å². The molecule has 1 saturated carbocycles. The molecule has 2 aliphatic rings. The predicted octanol–water partition coefficient (Wildman–Crippen LogP) is 1.73. The van der Waals surface area contributed by atoms with E-state index in [9.17, 15) is 8.42 Å². The van der Waals surface area contributed by atoms with E-state index in [1.54, 1.807) is 12.3 Å². The lowest BCUT2D eigenvalue weighted by atomic mass is 10.0. The lowest BCUT2D eigenvalue weighted by Gasteiger charge is -2.11. The van der Waals surface area contributed by atoms with Gasteiger partial charge in [0.15, 0.2) is 0 Å². The lowest BCUT2D eigenvalue weighted by molar-refractivity contribution is 0.597. The number of benzene rings is 1. The molecule has 6 heteroatoms. The summed E-state index contributed by atoms with van der Waals surface area (Å²) in [6.45, 7) is 0.725. The molecule has 1 heterocycles. The molecule has 4 rings (SSSR count). The molecule has 3 atom stereocenters. The quantitative estimate of drug-likeness (QED) is 0.900. The number of nitrogens with zero attached hydrogens (tertiary/aromatic N) is 1. The fraction of sp³-hybridized carbons (Fsp3) is 0.312. The van der Waals surface area contributed by atoms with Gasteiger partial charge in [-0.2, -0.15) is 0 Å². The van der Waals surface area contributed by atoms with Crippen LogP contribution in [0.3, 0.4) is 0 Å². The van der Waals surface area contributed by atoms with E-state index in [0.717, 1.165) is 13.0 Å². The molecule has 0 spiro atoms. The number of rotatable bonds is 4. The summed E-state index contributed by atoms with van der Waals surface area (Å²) >= 11 is 0. The molecule has 0 aliphatic heterocycles. The summed E-state index contributed by atoms with van der Waals surface area (Å²) in [6.07, 6.45) is 2.69. The maximum Gasteiger partial charge on any atom is 0.241 e. The molecule has 0 saturated heterocycles. The molecular formula is C16H17N3O2S. The van der Waals surface area contributed by atoms with Crippen molar-refractivity contribution in [1.82, 2.24) is 4.98 Å². The van der Waals surface area contributed by atoms with Crippen molar-refractivity contribution < 1.29 is 8.42 Å². The van der Waals surface area contributed by atoms with E-state index in [2.05, 4.69) is 34.6 Å². The zero-order valence-corrected chi connectivity index (χ0v) is 12.8. The van der Waals surface area contributed by atoms with Crippen molar-refractivity contribution in [3.05, 3.63) is 53.7 Å². The Kier molecular flexibility index (Phi) is 2.99. The molecule has 2 aromatic rings. The van der Waals surface area contributed by atoms with E-state index in [1.807, 2.05) is 0 Å². The molecule has 0 radical (unpaired) electrons. The average molecular weight is 315 g/mol. The van der Waals surface area contributed by atoms with Crippen LogP contribution in [0.15, 0.2) is 47.5 Å². The number of nitrogens with two attached hydrogens (primary N) is 1. The summed E-state index contributed by atoms with van der Waals surface area (Å²) in [5.41, 5.74) is 2.91. The first kappa shape index (κ1) is 13.7. The van der Waals surface area contributed by atoms with Gasteiger partial charge in [-0.3, -0.25) is 0 Å². The maximum absolute atomic E-state index is 11.6. The number of pyridine rings is 1. The molecule has 114 valence electrons. The van der Waals surface area contributed by atoms with Crippen molar-refractivity contribution in [2.75, 3.05) is 11.9 Å². The molecule has 0 amide bonds. The summed E-state index contributed by atoms with van der Waals surface area (Å²) in [6, 6.07) is 11.6. The van der Waals surface area contributed by atoms with E-state index in [0.29, 0.717) is 23.6 Å². The highest BCUT2D eigenvalue weighted by Crippen LogP contribution is 2.61. The second-order valence-electron chi connectivity index (χ2n) is 6.03. The Morgan fingerprint density at radius 2 is 2.05 bits per heavy atom. The number of anilines is 1. The average Bonchev–Trinajstić information content (AvgIpc) is 3.03. The van der Waals surface area contributed by atoms with Crippen LogP contribution in [0.5, 0.6) is 0 Å². The van der Waals surface area contributed by atoms with E-state index in [1.165, 1.54) is 17.2 Å². The topological polar surface area (TPSA) is 85.1 Å². The van der Waals surface area contributed by atoms with Gasteiger partial charge in [0.05, 0.1) is 0 Å². The van der Waals surface area contributed by atoms with E-state index >= 15 is 0 Å². The van der Waals surface area contributed by atoms with Crippen molar-refractivity contribution >= 4 is 15.8 Å². The molecular weight excluding hydrogens is 298 g/mol. The largest absolute Gasteiger partial charge is 0.369 e. The Morgan fingerprint density at radius 1 is 1.23 bits per heavy atom. The Bertz CT molecular complexity index is 835. The highest BCUT2D eigenvalue weighted by atomic mass is 32.2. The van der Waals surface area contributed by atoms with Gasteiger partial charge in [0, 0.05) is 12.7 Å². The SMILES string of the molecule is NS(=O)(=O)c1cccnc1NCC1C2Cc3ccccc3C12. The van der Waals surface area contributed by atoms with Crippen LogP contribution < -0.4 is 10.5 Å². The van der Waals surface area contributed by atoms with E-state index in [4.69, 9.17) is 5.14 Å². The highest BCUT2D eigenvalue weighted by Gasteiger charge is 2.54. The van der Waals surface area contributed by atoms with Gasteiger partial charge in [-0.15, -0.1) is 0 Å². The van der Waals surface area contributed by atoms with Crippen LogP contribution in [0.2, 0.25) is 0 Å². The third-order valence-electron chi connectivity index (χ3n) is 4.78. The number of nitrogens with one attached hydrogen (secondary N) is 1. The summed E-state index contributed by atoms with van der Waals surface area (Å²) in [4.78, 5) is 4.17. The zero-order valence-electron chi connectivity index (χ0n) is 11.9. The number of sulfonamides is 1. The van der Waals surface area contributed by atoms with Crippen molar-refractivity contribution in [2.45, 2.75) is 17.2 Å². The second kappa shape index (κ2) is 4.79. The Hall–Kier alpha value is -1.92. The van der Waals surface area contributed by atoms with Crippen LogP contribution in [0.1, 0.15) is 17.0 Å². The minimum atomic E-state index is -3.75. The molecule has 2 aliphatic carbocycles. The lowest BCUT2D eigenvalue weighted by Crippen LogP contribution is -2.17. The smallest absolute Gasteiger partial charge is 0.241 e. The fourth-order valence-corrected chi connectivity index (χ4v) is 4.39. The predicted molar refractivity (Wildman–Crippen MR) is 84.0 cm³/mol. The van der Waals surface area contributed by atoms with Crippen LogP contribution in [0.25, 0.3) is 0 Å². The first-order valence-electron chi connectivity index (χ1n) is 7.35. The Balaban J connectivity index is 1.49. The zero-order chi connectivity index (χ0) is 15.3. The number of fused-ring (bicyclic) bond motifs is 3. The number of hydrogen-bond donors (Lipinski definition) is 2. The minimum Gasteiger partial charge on any atom is -0.369 e. The van der Waals surface area contributed by atoms with Gasteiger partial charge >= 0.3 is 0 Å². The molecule has 3 N–H and O–H groups in total. The Morgan fingerprint density at radius 3 is 2.86 bits per heavy atom. The van der Waals surface area contributed by atoms with Gasteiger partial charge in [-0.1, -0.05) is 24.3 Å². The van der Waals surface area contributed by atoms with E-state index in [-0.39, 0.29) is 4.90 Å². The molecule has 5 nitrogen and oxygen atoms in total.